The van der Waals surface area contributed by atoms with Crippen LogP contribution in [0.5, 0.6) is 0 Å². The van der Waals surface area contributed by atoms with Gasteiger partial charge in [0.1, 0.15) is 5.82 Å². The first-order valence-corrected chi connectivity index (χ1v) is 7.28. The molecule has 0 amide bonds. The number of nitrogens with zero attached hydrogens (tertiary/aromatic N) is 4. The van der Waals surface area contributed by atoms with E-state index in [-0.39, 0.29) is 6.54 Å². The zero-order valence-corrected chi connectivity index (χ0v) is 12.5. The van der Waals surface area contributed by atoms with Crippen molar-refractivity contribution in [3.05, 3.63) is 11.6 Å². The third kappa shape index (κ3) is 3.28. The number of halogens is 3. The first kappa shape index (κ1) is 15.6. The highest BCUT2D eigenvalue weighted by atomic mass is 32.1. The van der Waals surface area contributed by atoms with E-state index in [1.54, 1.807) is 0 Å². The molecule has 2 heterocycles. The van der Waals surface area contributed by atoms with Crippen LogP contribution in [0, 0.1) is 11.8 Å². The Labute approximate surface area is 121 Å². The Morgan fingerprint density at radius 3 is 2.50 bits per heavy atom. The lowest BCUT2D eigenvalue weighted by atomic mass is 9.97. The second-order valence-corrected chi connectivity index (χ2v) is 5.88. The predicted molar refractivity (Wildman–Crippen MR) is 72.5 cm³/mol. The third-order valence-electron chi connectivity index (χ3n) is 3.76. The van der Waals surface area contributed by atoms with E-state index in [0.717, 1.165) is 12.3 Å². The molecule has 20 heavy (non-hydrogen) atoms. The van der Waals surface area contributed by atoms with Crippen molar-refractivity contribution in [1.29, 1.82) is 0 Å². The van der Waals surface area contributed by atoms with Crippen molar-refractivity contribution >= 4 is 12.6 Å². The van der Waals surface area contributed by atoms with Crippen LogP contribution in [0.15, 0.2) is 0 Å². The van der Waals surface area contributed by atoms with E-state index in [1.807, 2.05) is 0 Å². The van der Waals surface area contributed by atoms with Crippen molar-refractivity contribution in [2.75, 3.05) is 18.8 Å². The number of hydrogen-bond acceptors (Lipinski definition) is 4. The number of fused-ring (bicyclic) bond motifs is 1. The fourth-order valence-electron chi connectivity index (χ4n) is 2.38. The van der Waals surface area contributed by atoms with Gasteiger partial charge in [-0.2, -0.15) is 25.8 Å². The van der Waals surface area contributed by atoms with Gasteiger partial charge in [0.25, 0.3) is 0 Å². The quantitative estimate of drug-likeness (QED) is 0.867. The van der Waals surface area contributed by atoms with Gasteiger partial charge in [0.15, 0.2) is 0 Å². The van der Waals surface area contributed by atoms with Crippen LogP contribution >= 0.6 is 12.6 Å². The molecular formula is C12H19F3N4S. The summed E-state index contributed by atoms with van der Waals surface area (Å²) >= 11 is 4.34. The minimum atomic E-state index is -4.43. The lowest BCUT2D eigenvalue weighted by Crippen LogP contribution is -2.39. The zero-order chi connectivity index (χ0) is 14.9. The van der Waals surface area contributed by atoms with Crippen molar-refractivity contribution in [3.63, 3.8) is 0 Å². The van der Waals surface area contributed by atoms with Crippen molar-refractivity contribution in [2.24, 2.45) is 11.8 Å². The molecule has 1 atom stereocenters. The normalized spacial score (nSPS) is 18.4. The van der Waals surface area contributed by atoms with Crippen LogP contribution in [0.1, 0.15) is 25.5 Å². The number of thiol groups is 1. The molecule has 1 aliphatic rings. The van der Waals surface area contributed by atoms with Crippen LogP contribution in [-0.4, -0.2) is 38.5 Å². The van der Waals surface area contributed by atoms with Crippen LogP contribution < -0.4 is 0 Å². The minimum absolute atomic E-state index is 0.286. The summed E-state index contributed by atoms with van der Waals surface area (Å²) in [5.41, 5.74) is 0. The molecule has 4 nitrogen and oxygen atoms in total. The Hall–Kier alpha value is -0.760. The molecular weight excluding hydrogens is 289 g/mol. The molecule has 1 aromatic rings. The number of aromatic nitrogens is 3. The number of hydrogen-bond donors (Lipinski definition) is 1. The average Bonchev–Trinajstić information content (AvgIpc) is 2.78. The highest BCUT2D eigenvalue weighted by Gasteiger charge is 2.39. The van der Waals surface area contributed by atoms with Crippen LogP contribution in [0.2, 0.25) is 0 Å². The summed E-state index contributed by atoms with van der Waals surface area (Å²) in [5.74, 6) is 1.20. The Balaban J connectivity index is 2.07. The summed E-state index contributed by atoms with van der Waals surface area (Å²) in [6.07, 6.45) is -4.43. The van der Waals surface area contributed by atoms with Crippen molar-refractivity contribution in [2.45, 2.75) is 33.1 Å². The molecule has 114 valence electrons. The van der Waals surface area contributed by atoms with E-state index < -0.39 is 12.0 Å². The van der Waals surface area contributed by atoms with E-state index in [1.165, 1.54) is 4.57 Å². The highest BCUT2D eigenvalue weighted by molar-refractivity contribution is 7.80. The maximum atomic E-state index is 12.7. The molecule has 0 saturated heterocycles. The number of alkyl halides is 3. The molecule has 0 radical (unpaired) electrons. The predicted octanol–water partition coefficient (Wildman–Crippen LogP) is 2.31. The standard InChI is InChI=1S/C12H19F3N4S/c1-8(2)9(7-20)5-18-3-4-19-10(6-18)16-17-11(19)12(13,14)15/h8-9,20H,3-7H2,1-2H3. The molecule has 0 saturated carbocycles. The molecule has 0 N–H and O–H groups in total. The summed E-state index contributed by atoms with van der Waals surface area (Å²) in [6.45, 7) is 6.39. The molecule has 1 aliphatic heterocycles. The maximum absolute atomic E-state index is 12.7. The molecule has 0 fully saturated rings. The Morgan fingerprint density at radius 1 is 1.25 bits per heavy atom. The molecule has 8 heteroatoms. The first-order chi connectivity index (χ1) is 9.32. The van der Waals surface area contributed by atoms with E-state index in [9.17, 15) is 13.2 Å². The van der Waals surface area contributed by atoms with Crippen LogP contribution in [-0.2, 0) is 19.3 Å². The van der Waals surface area contributed by atoms with Crippen molar-refractivity contribution in [3.8, 4) is 0 Å². The fraction of sp³-hybridized carbons (Fsp3) is 0.833. The van der Waals surface area contributed by atoms with Crippen LogP contribution in [0.4, 0.5) is 13.2 Å². The molecule has 1 aromatic heterocycles. The average molecular weight is 308 g/mol. The molecule has 2 rings (SSSR count). The van der Waals surface area contributed by atoms with Gasteiger partial charge >= 0.3 is 6.18 Å². The van der Waals surface area contributed by atoms with Gasteiger partial charge in [-0.25, -0.2) is 0 Å². The van der Waals surface area contributed by atoms with Gasteiger partial charge in [-0.05, 0) is 17.6 Å². The van der Waals surface area contributed by atoms with Gasteiger partial charge in [-0.3, -0.25) is 4.90 Å². The summed E-state index contributed by atoms with van der Waals surface area (Å²) in [6, 6.07) is 0. The van der Waals surface area contributed by atoms with E-state index in [2.05, 4.69) is 41.6 Å². The van der Waals surface area contributed by atoms with Crippen molar-refractivity contribution in [1.82, 2.24) is 19.7 Å². The van der Waals surface area contributed by atoms with Crippen LogP contribution in [0.3, 0.4) is 0 Å². The Morgan fingerprint density at radius 2 is 1.95 bits per heavy atom. The monoisotopic (exact) mass is 308 g/mol. The van der Waals surface area contributed by atoms with Gasteiger partial charge < -0.3 is 4.57 Å². The molecule has 1 unspecified atom stereocenters. The van der Waals surface area contributed by atoms with E-state index >= 15 is 0 Å². The summed E-state index contributed by atoms with van der Waals surface area (Å²) in [7, 11) is 0. The molecule has 0 spiro atoms. The second kappa shape index (κ2) is 5.93. The fourth-order valence-corrected chi connectivity index (χ4v) is 2.92. The van der Waals surface area contributed by atoms with Crippen LogP contribution in [0.25, 0.3) is 0 Å². The van der Waals surface area contributed by atoms with Crippen molar-refractivity contribution < 1.29 is 13.2 Å². The molecule has 0 aliphatic carbocycles. The topological polar surface area (TPSA) is 34.0 Å². The van der Waals surface area contributed by atoms with Gasteiger partial charge in [0.2, 0.25) is 5.82 Å². The zero-order valence-electron chi connectivity index (χ0n) is 11.6. The first-order valence-electron chi connectivity index (χ1n) is 6.65. The Bertz CT molecular complexity index is 458. The maximum Gasteiger partial charge on any atom is 0.451 e. The summed E-state index contributed by atoms with van der Waals surface area (Å²) in [5, 5.41) is 6.97. The van der Waals surface area contributed by atoms with Gasteiger partial charge in [0, 0.05) is 19.6 Å². The smallest absolute Gasteiger partial charge is 0.305 e. The summed E-state index contributed by atoms with van der Waals surface area (Å²) < 4.78 is 39.4. The molecule has 0 aromatic carbocycles. The lowest BCUT2D eigenvalue weighted by molar-refractivity contribution is -0.148. The van der Waals surface area contributed by atoms with Gasteiger partial charge in [0.05, 0.1) is 6.54 Å². The molecule has 0 bridgehead atoms. The number of rotatable bonds is 4. The largest absolute Gasteiger partial charge is 0.451 e. The van der Waals surface area contributed by atoms with E-state index in [0.29, 0.717) is 30.7 Å². The third-order valence-corrected chi connectivity index (χ3v) is 4.22. The van der Waals surface area contributed by atoms with Gasteiger partial charge in [-0.1, -0.05) is 13.8 Å². The second-order valence-electron chi connectivity index (χ2n) is 5.51. The Kier molecular flexibility index (Phi) is 4.63. The minimum Gasteiger partial charge on any atom is -0.305 e. The van der Waals surface area contributed by atoms with E-state index in [4.69, 9.17) is 0 Å². The SMILES string of the molecule is CC(C)C(CS)CN1CCn2c(nnc2C(F)(F)F)C1. The van der Waals surface area contributed by atoms with Gasteiger partial charge in [-0.15, -0.1) is 10.2 Å². The summed E-state index contributed by atoms with van der Waals surface area (Å²) in [4.78, 5) is 2.13. The lowest BCUT2D eigenvalue weighted by Gasteiger charge is -2.32. The highest BCUT2D eigenvalue weighted by Crippen LogP contribution is 2.29.